The van der Waals surface area contributed by atoms with E-state index in [9.17, 15) is 8.42 Å². The highest BCUT2D eigenvalue weighted by atomic mass is 32.2. The molecule has 7 heteroatoms. The van der Waals surface area contributed by atoms with Gasteiger partial charge < -0.3 is 17.2 Å². The van der Waals surface area contributed by atoms with E-state index < -0.39 is 15.1 Å². The van der Waals surface area contributed by atoms with Crippen molar-refractivity contribution in [1.82, 2.24) is 0 Å². The Labute approximate surface area is 119 Å². The van der Waals surface area contributed by atoms with Gasteiger partial charge in [-0.05, 0) is 32.9 Å². The highest BCUT2D eigenvalue weighted by molar-refractivity contribution is 7.92. The summed E-state index contributed by atoms with van der Waals surface area (Å²) in [6.07, 6.45) is 0. The number of rotatable bonds is 4. The van der Waals surface area contributed by atoms with Crippen molar-refractivity contribution in [2.24, 2.45) is 22.2 Å². The Hall–Kier alpha value is -2.02. The molecule has 0 fully saturated rings. The summed E-state index contributed by atoms with van der Waals surface area (Å²) in [6.45, 7) is 4.85. The third-order valence-corrected chi connectivity index (χ3v) is 5.05. The summed E-state index contributed by atoms with van der Waals surface area (Å²) in [5, 5.41) is -0.545. The molecule has 0 atom stereocenters. The predicted octanol–water partition coefficient (Wildman–Crippen LogP) is 1.01. The van der Waals surface area contributed by atoms with Gasteiger partial charge in [-0.25, -0.2) is 13.4 Å². The first-order valence-corrected chi connectivity index (χ1v) is 7.61. The molecular formula is C13H20N4O2S. The topological polar surface area (TPSA) is 125 Å². The number of sulfone groups is 1. The minimum absolute atomic E-state index is 0.0513. The second-order valence-corrected chi connectivity index (χ2v) is 7.11. The Morgan fingerprint density at radius 3 is 2.20 bits per heavy atom. The standard InChI is InChI=1S/C13H20N4O2S/c1-8(2)20(18,19)11-7-5-4-6-10(11)17-13(16)9(3)12(14)15/h4-8H,14-15H2,1-3H3,(H2,16,17). The molecule has 0 heterocycles. The maximum atomic E-state index is 12.3. The van der Waals surface area contributed by atoms with Crippen LogP contribution in [-0.2, 0) is 9.84 Å². The normalized spacial score (nSPS) is 12.5. The monoisotopic (exact) mass is 296 g/mol. The number of hydrogen-bond acceptors (Lipinski definition) is 5. The molecule has 0 bridgehead atoms. The molecule has 0 aromatic heterocycles. The minimum Gasteiger partial charge on any atom is -0.385 e. The highest BCUT2D eigenvalue weighted by Gasteiger charge is 2.22. The number of aliphatic imine (C=N–C) groups is 1. The van der Waals surface area contributed by atoms with Gasteiger partial charge in [-0.1, -0.05) is 12.1 Å². The molecule has 0 unspecified atom stereocenters. The first-order chi connectivity index (χ1) is 9.17. The van der Waals surface area contributed by atoms with E-state index in [0.717, 1.165) is 0 Å². The predicted molar refractivity (Wildman–Crippen MR) is 81.1 cm³/mol. The zero-order valence-electron chi connectivity index (χ0n) is 11.8. The van der Waals surface area contributed by atoms with Gasteiger partial charge in [-0.3, -0.25) is 0 Å². The second-order valence-electron chi connectivity index (χ2n) is 4.64. The molecule has 1 aromatic carbocycles. The summed E-state index contributed by atoms with van der Waals surface area (Å²) in [4.78, 5) is 4.27. The Bertz CT molecular complexity index is 657. The van der Waals surface area contributed by atoms with Crippen LogP contribution in [0.25, 0.3) is 0 Å². The molecule has 6 N–H and O–H groups in total. The van der Waals surface area contributed by atoms with Crippen LogP contribution in [0.15, 0.2) is 45.5 Å². The summed E-state index contributed by atoms with van der Waals surface area (Å²) in [5.74, 6) is 0.145. The fraction of sp³-hybridized carbons (Fsp3) is 0.308. The number of nitrogens with zero attached hydrogens (tertiary/aromatic N) is 1. The van der Waals surface area contributed by atoms with Gasteiger partial charge in [-0.2, -0.15) is 0 Å². The van der Waals surface area contributed by atoms with E-state index >= 15 is 0 Å². The van der Waals surface area contributed by atoms with Gasteiger partial charge >= 0.3 is 0 Å². The van der Waals surface area contributed by atoms with Crippen LogP contribution < -0.4 is 17.2 Å². The lowest BCUT2D eigenvalue weighted by Gasteiger charge is -2.11. The second kappa shape index (κ2) is 5.96. The molecule has 0 aliphatic rings. The fourth-order valence-electron chi connectivity index (χ4n) is 1.41. The zero-order chi connectivity index (χ0) is 15.5. The molecule has 6 nitrogen and oxygen atoms in total. The van der Waals surface area contributed by atoms with Crippen molar-refractivity contribution in [3.63, 3.8) is 0 Å². The number of para-hydroxylation sites is 1. The summed E-state index contributed by atoms with van der Waals surface area (Å²) in [6, 6.07) is 6.43. The van der Waals surface area contributed by atoms with Crippen LogP contribution in [0.2, 0.25) is 0 Å². The van der Waals surface area contributed by atoms with Gasteiger partial charge in [0.15, 0.2) is 9.84 Å². The van der Waals surface area contributed by atoms with Crippen molar-refractivity contribution in [3.8, 4) is 0 Å². The maximum Gasteiger partial charge on any atom is 0.182 e. The molecule has 0 saturated heterocycles. The fourth-order valence-corrected chi connectivity index (χ4v) is 2.59. The van der Waals surface area contributed by atoms with Crippen molar-refractivity contribution in [2.45, 2.75) is 30.9 Å². The summed E-state index contributed by atoms with van der Waals surface area (Å²) < 4.78 is 24.5. The van der Waals surface area contributed by atoms with E-state index in [1.54, 1.807) is 39.0 Å². The Morgan fingerprint density at radius 1 is 1.15 bits per heavy atom. The lowest BCUT2D eigenvalue weighted by Crippen LogP contribution is -2.21. The van der Waals surface area contributed by atoms with E-state index in [4.69, 9.17) is 17.2 Å². The van der Waals surface area contributed by atoms with E-state index in [1.807, 2.05) is 0 Å². The van der Waals surface area contributed by atoms with Gasteiger partial charge in [-0.15, -0.1) is 0 Å². The van der Waals surface area contributed by atoms with Crippen LogP contribution in [0, 0.1) is 0 Å². The van der Waals surface area contributed by atoms with Crippen molar-refractivity contribution in [3.05, 3.63) is 35.7 Å². The lowest BCUT2D eigenvalue weighted by atomic mass is 10.2. The number of benzene rings is 1. The molecule has 0 radical (unpaired) electrons. The Balaban J connectivity index is 3.44. The van der Waals surface area contributed by atoms with E-state index in [1.165, 1.54) is 6.07 Å². The van der Waals surface area contributed by atoms with Crippen molar-refractivity contribution in [2.75, 3.05) is 0 Å². The van der Waals surface area contributed by atoms with Crippen molar-refractivity contribution in [1.29, 1.82) is 0 Å². The average molecular weight is 296 g/mol. The average Bonchev–Trinajstić information content (AvgIpc) is 2.37. The number of nitrogens with two attached hydrogens (primary N) is 3. The highest BCUT2D eigenvalue weighted by Crippen LogP contribution is 2.27. The first kappa shape index (κ1) is 16.0. The summed E-state index contributed by atoms with van der Waals surface area (Å²) in [7, 11) is -3.44. The van der Waals surface area contributed by atoms with Crippen molar-refractivity contribution < 1.29 is 8.42 Å². The molecule has 1 rings (SSSR count). The van der Waals surface area contributed by atoms with Gasteiger partial charge in [0.05, 0.1) is 15.8 Å². The molecule has 0 amide bonds. The number of hydrogen-bond donors (Lipinski definition) is 3. The molecular weight excluding hydrogens is 276 g/mol. The van der Waals surface area contributed by atoms with Gasteiger partial charge in [0, 0.05) is 5.57 Å². The molecule has 110 valence electrons. The summed E-state index contributed by atoms with van der Waals surface area (Å²) in [5.41, 5.74) is 17.4. The number of amidine groups is 1. The van der Waals surface area contributed by atoms with Crippen LogP contribution in [0.3, 0.4) is 0 Å². The van der Waals surface area contributed by atoms with E-state index in [0.29, 0.717) is 5.57 Å². The molecule has 0 aliphatic heterocycles. The third-order valence-electron chi connectivity index (χ3n) is 2.85. The van der Waals surface area contributed by atoms with Crippen molar-refractivity contribution >= 4 is 21.4 Å². The van der Waals surface area contributed by atoms with Gasteiger partial charge in [0.2, 0.25) is 0 Å². The molecule has 1 aromatic rings. The Morgan fingerprint density at radius 2 is 1.70 bits per heavy atom. The van der Waals surface area contributed by atoms with Gasteiger partial charge in [0.25, 0.3) is 0 Å². The molecule has 0 spiro atoms. The molecule has 0 saturated carbocycles. The maximum absolute atomic E-state index is 12.3. The van der Waals surface area contributed by atoms with Crippen LogP contribution in [0.4, 0.5) is 5.69 Å². The minimum atomic E-state index is -3.44. The van der Waals surface area contributed by atoms with E-state index in [2.05, 4.69) is 4.99 Å². The van der Waals surface area contributed by atoms with E-state index in [-0.39, 0.29) is 22.2 Å². The lowest BCUT2D eigenvalue weighted by molar-refractivity contribution is 0.587. The van der Waals surface area contributed by atoms with Crippen LogP contribution >= 0.6 is 0 Å². The zero-order valence-corrected chi connectivity index (χ0v) is 12.6. The summed E-state index contributed by atoms with van der Waals surface area (Å²) >= 11 is 0. The largest absolute Gasteiger partial charge is 0.385 e. The SMILES string of the molecule is CC(C(N)=Nc1ccccc1S(=O)(=O)C(C)C)=C(N)N. The van der Waals surface area contributed by atoms with Crippen LogP contribution in [-0.4, -0.2) is 19.5 Å². The van der Waals surface area contributed by atoms with Gasteiger partial charge in [0.1, 0.15) is 11.7 Å². The van der Waals surface area contributed by atoms with Crippen LogP contribution in [0.5, 0.6) is 0 Å². The Kier molecular flexibility index (Phi) is 4.78. The smallest absolute Gasteiger partial charge is 0.182 e. The quantitative estimate of drug-likeness (QED) is 0.565. The molecule has 0 aliphatic carbocycles. The van der Waals surface area contributed by atoms with Crippen LogP contribution in [0.1, 0.15) is 20.8 Å². The first-order valence-electron chi connectivity index (χ1n) is 6.07. The molecule has 20 heavy (non-hydrogen) atoms. The third kappa shape index (κ3) is 3.30.